The van der Waals surface area contributed by atoms with Crippen LogP contribution in [-0.4, -0.2) is 36.2 Å². The van der Waals surface area contributed by atoms with E-state index in [9.17, 15) is 19.5 Å². The molecule has 6 heteroatoms. The maximum Gasteiger partial charge on any atom is 0.330 e. The molecule has 0 saturated heterocycles. The molecule has 0 bridgehead atoms. The number of carbonyl (C=O) groups excluding carboxylic acids is 2. The lowest BCUT2D eigenvalue weighted by Crippen LogP contribution is -2.55. The van der Waals surface area contributed by atoms with Gasteiger partial charge in [-0.1, -0.05) is 33.8 Å². The first-order valence-electron chi connectivity index (χ1n) is 15.3. The molecule has 1 unspecified atom stereocenters. The van der Waals surface area contributed by atoms with Crippen molar-refractivity contribution in [3.8, 4) is 0 Å². The van der Waals surface area contributed by atoms with Crippen LogP contribution in [0.2, 0.25) is 0 Å². The van der Waals surface area contributed by atoms with E-state index in [1.165, 1.54) is 39.7 Å². The molecule has 0 radical (unpaired) electrons. The maximum absolute atomic E-state index is 12.8. The Balaban J connectivity index is 1.60. The van der Waals surface area contributed by atoms with E-state index in [-0.39, 0.29) is 51.5 Å². The van der Waals surface area contributed by atoms with Crippen molar-refractivity contribution >= 4 is 17.9 Å². The van der Waals surface area contributed by atoms with Gasteiger partial charge in [0.2, 0.25) is 0 Å². The number of fused-ring (bicyclic) bond motifs is 2. The van der Waals surface area contributed by atoms with Gasteiger partial charge >= 0.3 is 17.9 Å². The van der Waals surface area contributed by atoms with Crippen LogP contribution in [0.25, 0.3) is 0 Å². The molecule has 4 saturated carbocycles. The highest BCUT2D eigenvalue weighted by molar-refractivity contribution is 5.85. The van der Waals surface area contributed by atoms with Crippen LogP contribution >= 0.6 is 0 Å². The molecule has 10 atom stereocenters. The van der Waals surface area contributed by atoms with E-state index in [4.69, 9.17) is 9.47 Å². The average Bonchev–Trinajstić information content (AvgIpc) is 3.43. The highest BCUT2D eigenvalue weighted by Gasteiger charge is 2.80. The maximum atomic E-state index is 12.8. The lowest BCUT2D eigenvalue weighted by Gasteiger charge is -2.61. The van der Waals surface area contributed by atoms with Crippen molar-refractivity contribution in [2.75, 3.05) is 7.11 Å². The number of hydrogen-bond acceptors (Lipinski definition) is 5. The summed E-state index contributed by atoms with van der Waals surface area (Å²) in [7, 11) is 1.49. The van der Waals surface area contributed by atoms with Gasteiger partial charge in [-0.05, 0) is 123 Å². The van der Waals surface area contributed by atoms with Crippen molar-refractivity contribution in [1.82, 2.24) is 0 Å². The molecule has 6 nitrogen and oxygen atoms in total. The molecule has 0 aromatic rings. The molecule has 4 fully saturated rings. The summed E-state index contributed by atoms with van der Waals surface area (Å²) in [4.78, 5) is 35.8. The molecule has 4 aliphatic rings. The molecule has 0 amide bonds. The number of carboxylic acid groups (broad SMARTS) is 1. The Labute approximate surface area is 235 Å². The van der Waals surface area contributed by atoms with Crippen molar-refractivity contribution in [2.45, 2.75) is 119 Å². The topological polar surface area (TPSA) is 89.9 Å². The van der Waals surface area contributed by atoms with Crippen LogP contribution in [0.1, 0.15) is 113 Å². The molecule has 0 aromatic carbocycles. The van der Waals surface area contributed by atoms with E-state index < -0.39 is 5.97 Å². The number of hydrogen-bond donors (Lipinski definition) is 1. The van der Waals surface area contributed by atoms with Crippen LogP contribution in [0.3, 0.4) is 0 Å². The zero-order valence-electron chi connectivity index (χ0n) is 25.6. The number of methoxy groups -OCH3 is 1. The summed E-state index contributed by atoms with van der Waals surface area (Å²) in [5.74, 6) is 0.726. The summed E-state index contributed by atoms with van der Waals surface area (Å²) < 4.78 is 10.9. The second-order valence-electron chi connectivity index (χ2n) is 14.4. The molecule has 0 heterocycles. The number of carboxylic acids is 1. The Morgan fingerprint density at radius 1 is 0.974 bits per heavy atom. The van der Waals surface area contributed by atoms with Crippen molar-refractivity contribution in [2.24, 2.45) is 51.2 Å². The fourth-order valence-electron chi connectivity index (χ4n) is 10.9. The molecule has 4 aliphatic carbocycles. The zero-order chi connectivity index (χ0) is 29.0. The van der Waals surface area contributed by atoms with Crippen molar-refractivity contribution in [1.29, 1.82) is 0 Å². The first-order chi connectivity index (χ1) is 18.2. The second-order valence-corrected chi connectivity index (χ2v) is 14.4. The van der Waals surface area contributed by atoms with Gasteiger partial charge in [0.15, 0.2) is 0 Å². The Hall–Kier alpha value is -1.85. The van der Waals surface area contributed by atoms with Gasteiger partial charge in [-0.25, -0.2) is 4.79 Å². The molecule has 1 N–H and O–H groups in total. The summed E-state index contributed by atoms with van der Waals surface area (Å²) in [6, 6.07) is 0. The van der Waals surface area contributed by atoms with Crippen molar-refractivity contribution < 1.29 is 29.0 Å². The van der Waals surface area contributed by atoms with Crippen LogP contribution in [-0.2, 0) is 23.9 Å². The molecule has 4 rings (SSSR count). The van der Waals surface area contributed by atoms with E-state index in [1.807, 2.05) is 19.9 Å². The lowest BCUT2D eigenvalue weighted by molar-refractivity contribution is -0.160. The van der Waals surface area contributed by atoms with Gasteiger partial charge in [0.25, 0.3) is 0 Å². The van der Waals surface area contributed by atoms with Gasteiger partial charge in [-0.3, -0.25) is 9.59 Å². The van der Waals surface area contributed by atoms with Crippen LogP contribution < -0.4 is 0 Å². The number of ether oxygens (including phenoxy) is 2. The minimum absolute atomic E-state index is 0.0194. The summed E-state index contributed by atoms with van der Waals surface area (Å²) in [6.45, 7) is 14.7. The molecule has 0 aliphatic heterocycles. The van der Waals surface area contributed by atoms with Crippen LogP contribution in [0.5, 0.6) is 0 Å². The largest absolute Gasteiger partial charge is 0.478 e. The molecule has 1 spiro atoms. The minimum Gasteiger partial charge on any atom is -0.478 e. The molecule has 220 valence electrons. The average molecular weight is 545 g/mol. The lowest BCUT2D eigenvalue weighted by atomic mass is 9.43. The number of esters is 2. The fourth-order valence-corrected chi connectivity index (χ4v) is 10.9. The van der Waals surface area contributed by atoms with Crippen molar-refractivity contribution in [3.05, 3.63) is 11.6 Å². The predicted octanol–water partition coefficient (Wildman–Crippen LogP) is 7.20. The quantitative estimate of drug-likeness (QED) is 0.231. The first kappa shape index (κ1) is 30.1. The van der Waals surface area contributed by atoms with Gasteiger partial charge in [0, 0.05) is 12.5 Å². The third-order valence-corrected chi connectivity index (χ3v) is 12.9. The van der Waals surface area contributed by atoms with E-state index >= 15 is 0 Å². The second kappa shape index (κ2) is 10.5. The van der Waals surface area contributed by atoms with Crippen LogP contribution in [0.4, 0.5) is 0 Å². The number of rotatable bonds is 10. The van der Waals surface area contributed by atoms with Crippen LogP contribution in [0, 0.1) is 51.2 Å². The minimum atomic E-state index is -0.825. The van der Waals surface area contributed by atoms with Gasteiger partial charge in [-0.2, -0.15) is 0 Å². The molecular weight excluding hydrogens is 492 g/mol. The SMILES string of the molecule is COC(=O)[C@@H](C)[C@@H]1CC[C@@H]2[C@]3(CC[C@]4(C)[C@@H]([C@H](C)CC/C=C(\C)C(=O)O)CC[C@@]24C)C[C@]13CC(C)OC(C)=O. The molecular formula is C33H52O6. The molecule has 0 aromatic heterocycles. The summed E-state index contributed by atoms with van der Waals surface area (Å²) in [6.07, 6.45) is 12.6. The molecule has 39 heavy (non-hydrogen) atoms. The number of carbonyl (C=O) groups is 3. The Bertz CT molecular complexity index is 1020. The van der Waals surface area contributed by atoms with Crippen molar-refractivity contribution in [3.63, 3.8) is 0 Å². The normalized spacial score (nSPS) is 41.3. The van der Waals surface area contributed by atoms with Gasteiger partial charge in [-0.15, -0.1) is 0 Å². The van der Waals surface area contributed by atoms with Gasteiger partial charge in [0.05, 0.1) is 19.1 Å². The Morgan fingerprint density at radius 2 is 1.67 bits per heavy atom. The standard InChI is InChI=1S/C33H52O6/c1-20(10-9-11-21(2)28(35)36)25-14-15-31(7)27-13-12-26(23(4)29(37)38-8)33(18-22(3)39-24(5)34)19-32(27,33)17-16-30(25,31)6/h11,20,22-23,25-27H,9-10,12-19H2,1-8H3,(H,35,36)/b21-11+/t20-,22?,23+,25-,26+,27+,30-,31+,32+,33-/m1/s1. The van der Waals surface area contributed by atoms with Crippen LogP contribution in [0.15, 0.2) is 11.6 Å². The van der Waals surface area contributed by atoms with E-state index in [1.54, 1.807) is 6.92 Å². The third-order valence-electron chi connectivity index (χ3n) is 12.9. The number of aliphatic carboxylic acids is 1. The van der Waals surface area contributed by atoms with Gasteiger partial charge in [0.1, 0.15) is 0 Å². The van der Waals surface area contributed by atoms with E-state index in [0.29, 0.717) is 23.3 Å². The first-order valence-corrected chi connectivity index (χ1v) is 15.3. The third kappa shape index (κ3) is 4.66. The fraction of sp³-hybridized carbons (Fsp3) is 0.848. The van der Waals surface area contributed by atoms with Gasteiger partial charge < -0.3 is 14.6 Å². The van der Waals surface area contributed by atoms with E-state index in [2.05, 4.69) is 20.8 Å². The number of allylic oxidation sites excluding steroid dienone is 1. The monoisotopic (exact) mass is 544 g/mol. The summed E-state index contributed by atoms with van der Waals surface area (Å²) in [5, 5.41) is 9.22. The predicted molar refractivity (Wildman–Crippen MR) is 151 cm³/mol. The Morgan fingerprint density at radius 3 is 2.28 bits per heavy atom. The van der Waals surface area contributed by atoms with E-state index in [0.717, 1.165) is 38.5 Å². The Kier molecular flexibility index (Phi) is 8.13. The highest BCUT2D eigenvalue weighted by atomic mass is 16.5. The summed E-state index contributed by atoms with van der Waals surface area (Å²) in [5.41, 5.74) is 1.16. The smallest absolute Gasteiger partial charge is 0.330 e. The summed E-state index contributed by atoms with van der Waals surface area (Å²) >= 11 is 0. The zero-order valence-corrected chi connectivity index (χ0v) is 25.6. The highest BCUT2D eigenvalue weighted by Crippen LogP contribution is 2.87.